The fourth-order valence-corrected chi connectivity index (χ4v) is 1.62. The molecule has 0 atom stereocenters. The van der Waals surface area contributed by atoms with Gasteiger partial charge in [-0.2, -0.15) is 0 Å². The molecule has 3 heteroatoms. The molecular formula is C12H17NO2. The monoisotopic (exact) mass is 207 g/mol. The minimum Gasteiger partial charge on any atom is -0.496 e. The van der Waals surface area contributed by atoms with E-state index < -0.39 is 0 Å². The van der Waals surface area contributed by atoms with Crippen LogP contribution in [-0.2, 0) is 11.2 Å². The molecule has 0 N–H and O–H groups in total. The lowest BCUT2D eigenvalue weighted by atomic mass is 10.1. The van der Waals surface area contributed by atoms with Gasteiger partial charge in [-0.1, -0.05) is 0 Å². The summed E-state index contributed by atoms with van der Waals surface area (Å²) in [6.07, 6.45) is 3.03. The Morgan fingerprint density at radius 3 is 2.67 bits per heavy atom. The van der Waals surface area contributed by atoms with Crippen molar-refractivity contribution in [3.63, 3.8) is 0 Å². The average Bonchev–Trinajstić information content (AvgIpc) is 2.17. The first-order valence-corrected chi connectivity index (χ1v) is 5.04. The van der Waals surface area contributed by atoms with E-state index in [1.54, 1.807) is 20.2 Å². The SMILES string of the molecule is COc1c(C)cnc(CCC(C)=O)c1C. The molecule has 1 aromatic heterocycles. The summed E-state index contributed by atoms with van der Waals surface area (Å²) in [4.78, 5) is 15.2. The van der Waals surface area contributed by atoms with E-state index in [1.807, 2.05) is 13.8 Å². The molecule has 0 aromatic carbocycles. The van der Waals surface area contributed by atoms with Gasteiger partial charge in [-0.15, -0.1) is 0 Å². The van der Waals surface area contributed by atoms with E-state index in [2.05, 4.69) is 4.98 Å². The fourth-order valence-electron chi connectivity index (χ4n) is 1.62. The summed E-state index contributed by atoms with van der Waals surface area (Å²) in [5, 5.41) is 0. The van der Waals surface area contributed by atoms with E-state index in [0.29, 0.717) is 12.8 Å². The van der Waals surface area contributed by atoms with Crippen LogP contribution in [0.4, 0.5) is 0 Å². The second-order valence-corrected chi connectivity index (χ2v) is 3.75. The van der Waals surface area contributed by atoms with E-state index in [0.717, 1.165) is 22.6 Å². The standard InChI is InChI=1S/C12H17NO2/c1-8-7-13-11(6-5-9(2)14)10(3)12(8)15-4/h7H,5-6H2,1-4H3. The fraction of sp³-hybridized carbons (Fsp3) is 0.500. The highest BCUT2D eigenvalue weighted by atomic mass is 16.5. The lowest BCUT2D eigenvalue weighted by molar-refractivity contribution is -0.116. The molecule has 1 aromatic rings. The van der Waals surface area contributed by atoms with Crippen molar-refractivity contribution in [3.8, 4) is 5.75 Å². The molecule has 0 saturated heterocycles. The van der Waals surface area contributed by atoms with Crippen molar-refractivity contribution in [1.82, 2.24) is 4.98 Å². The number of rotatable bonds is 4. The molecule has 0 aliphatic rings. The Morgan fingerprint density at radius 2 is 2.13 bits per heavy atom. The highest BCUT2D eigenvalue weighted by Gasteiger charge is 2.09. The third kappa shape index (κ3) is 2.78. The van der Waals surface area contributed by atoms with Crippen LogP contribution in [0, 0.1) is 13.8 Å². The Morgan fingerprint density at radius 1 is 1.47 bits per heavy atom. The first-order valence-electron chi connectivity index (χ1n) is 5.04. The second-order valence-electron chi connectivity index (χ2n) is 3.75. The number of aromatic nitrogens is 1. The Bertz CT molecular complexity index is 372. The zero-order valence-corrected chi connectivity index (χ0v) is 9.76. The summed E-state index contributed by atoms with van der Waals surface area (Å²) in [5.41, 5.74) is 3.02. The molecule has 0 unspecified atom stereocenters. The van der Waals surface area contributed by atoms with Crippen LogP contribution in [0.3, 0.4) is 0 Å². The quantitative estimate of drug-likeness (QED) is 0.760. The van der Waals surface area contributed by atoms with Crippen molar-refractivity contribution in [2.75, 3.05) is 7.11 Å². The molecule has 1 heterocycles. The molecule has 82 valence electrons. The van der Waals surface area contributed by atoms with Gasteiger partial charge in [-0.3, -0.25) is 4.98 Å². The van der Waals surface area contributed by atoms with Gasteiger partial charge in [0.1, 0.15) is 11.5 Å². The average molecular weight is 207 g/mol. The molecule has 0 radical (unpaired) electrons. The first-order chi connectivity index (χ1) is 7.06. The molecule has 1 rings (SSSR count). The Hall–Kier alpha value is -1.38. The van der Waals surface area contributed by atoms with Crippen LogP contribution in [0.1, 0.15) is 30.2 Å². The molecule has 0 aliphatic carbocycles. The van der Waals surface area contributed by atoms with Gasteiger partial charge in [-0.25, -0.2) is 0 Å². The van der Waals surface area contributed by atoms with Gasteiger partial charge in [0.2, 0.25) is 0 Å². The van der Waals surface area contributed by atoms with Crippen LogP contribution in [0.2, 0.25) is 0 Å². The number of carbonyl (C=O) groups excluding carboxylic acids is 1. The number of carbonyl (C=O) groups is 1. The highest BCUT2D eigenvalue weighted by Crippen LogP contribution is 2.24. The predicted molar refractivity (Wildman–Crippen MR) is 59.3 cm³/mol. The molecule has 0 amide bonds. The molecule has 0 aliphatic heterocycles. The summed E-state index contributed by atoms with van der Waals surface area (Å²) in [5.74, 6) is 1.07. The van der Waals surface area contributed by atoms with Gasteiger partial charge in [0, 0.05) is 29.4 Å². The van der Waals surface area contributed by atoms with Crippen LogP contribution >= 0.6 is 0 Å². The van der Waals surface area contributed by atoms with Crippen molar-refractivity contribution < 1.29 is 9.53 Å². The molecule has 0 saturated carbocycles. The van der Waals surface area contributed by atoms with E-state index in [9.17, 15) is 4.79 Å². The van der Waals surface area contributed by atoms with Gasteiger partial charge in [0.15, 0.2) is 0 Å². The first kappa shape index (κ1) is 11.7. The maximum Gasteiger partial charge on any atom is 0.130 e. The molecule has 15 heavy (non-hydrogen) atoms. The lowest BCUT2D eigenvalue weighted by Gasteiger charge is -2.11. The lowest BCUT2D eigenvalue weighted by Crippen LogP contribution is -2.02. The van der Waals surface area contributed by atoms with Crippen LogP contribution in [-0.4, -0.2) is 17.9 Å². The van der Waals surface area contributed by atoms with Crippen molar-refractivity contribution in [1.29, 1.82) is 0 Å². The zero-order valence-electron chi connectivity index (χ0n) is 9.76. The summed E-state index contributed by atoms with van der Waals surface area (Å²) in [6, 6.07) is 0. The summed E-state index contributed by atoms with van der Waals surface area (Å²) >= 11 is 0. The van der Waals surface area contributed by atoms with Crippen LogP contribution in [0.25, 0.3) is 0 Å². The smallest absolute Gasteiger partial charge is 0.130 e. The number of methoxy groups -OCH3 is 1. The van der Waals surface area contributed by atoms with E-state index in [1.165, 1.54) is 0 Å². The van der Waals surface area contributed by atoms with Gasteiger partial charge in [0.05, 0.1) is 7.11 Å². The Labute approximate surface area is 90.5 Å². The minimum absolute atomic E-state index is 0.191. The van der Waals surface area contributed by atoms with Crippen molar-refractivity contribution >= 4 is 5.78 Å². The number of hydrogen-bond acceptors (Lipinski definition) is 3. The highest BCUT2D eigenvalue weighted by molar-refractivity contribution is 5.75. The van der Waals surface area contributed by atoms with Crippen molar-refractivity contribution in [3.05, 3.63) is 23.0 Å². The third-order valence-corrected chi connectivity index (χ3v) is 2.46. The zero-order chi connectivity index (χ0) is 11.4. The topological polar surface area (TPSA) is 39.2 Å². The normalized spacial score (nSPS) is 10.1. The van der Waals surface area contributed by atoms with Crippen LogP contribution < -0.4 is 4.74 Å². The number of Topliss-reactive ketones (excluding diaryl/α,β-unsaturated/α-hetero) is 1. The third-order valence-electron chi connectivity index (χ3n) is 2.46. The van der Waals surface area contributed by atoms with Crippen molar-refractivity contribution in [2.24, 2.45) is 0 Å². The van der Waals surface area contributed by atoms with E-state index in [-0.39, 0.29) is 5.78 Å². The predicted octanol–water partition coefficient (Wildman–Crippen LogP) is 2.23. The van der Waals surface area contributed by atoms with Crippen molar-refractivity contribution in [2.45, 2.75) is 33.6 Å². The number of pyridine rings is 1. The number of nitrogens with zero attached hydrogens (tertiary/aromatic N) is 1. The largest absolute Gasteiger partial charge is 0.496 e. The van der Waals surface area contributed by atoms with Crippen LogP contribution in [0.15, 0.2) is 6.20 Å². The molecular weight excluding hydrogens is 190 g/mol. The van der Waals surface area contributed by atoms with Gasteiger partial charge in [-0.05, 0) is 27.2 Å². The summed E-state index contributed by atoms with van der Waals surface area (Å²) < 4.78 is 5.30. The van der Waals surface area contributed by atoms with Gasteiger partial charge in [0.25, 0.3) is 0 Å². The van der Waals surface area contributed by atoms with Crippen LogP contribution in [0.5, 0.6) is 5.75 Å². The number of ketones is 1. The van der Waals surface area contributed by atoms with Gasteiger partial charge < -0.3 is 9.53 Å². The molecule has 0 fully saturated rings. The molecule has 0 spiro atoms. The number of hydrogen-bond donors (Lipinski definition) is 0. The Kier molecular flexibility index (Phi) is 3.83. The molecule has 0 bridgehead atoms. The second kappa shape index (κ2) is 4.91. The molecule has 3 nitrogen and oxygen atoms in total. The minimum atomic E-state index is 0.191. The summed E-state index contributed by atoms with van der Waals surface area (Å²) in [7, 11) is 1.66. The van der Waals surface area contributed by atoms with E-state index in [4.69, 9.17) is 4.74 Å². The summed E-state index contributed by atoms with van der Waals surface area (Å²) in [6.45, 7) is 5.54. The maximum absolute atomic E-state index is 10.9. The van der Waals surface area contributed by atoms with E-state index >= 15 is 0 Å². The maximum atomic E-state index is 10.9. The number of ether oxygens (including phenoxy) is 1. The van der Waals surface area contributed by atoms with Gasteiger partial charge >= 0.3 is 0 Å². The number of aryl methyl sites for hydroxylation is 2. The Balaban J connectivity index is 2.94.